The van der Waals surface area contributed by atoms with Gasteiger partial charge in [0.25, 0.3) is 0 Å². The Kier molecular flexibility index (Phi) is 15.4. The van der Waals surface area contributed by atoms with Gasteiger partial charge in [-0.3, -0.25) is 4.79 Å². The number of hydrogen-bond donors (Lipinski definition) is 0. The smallest absolute Gasteiger partial charge is 0.219 e. The van der Waals surface area contributed by atoms with Crippen molar-refractivity contribution in [1.82, 2.24) is 0 Å². The number of rotatable bonds is 21. The van der Waals surface area contributed by atoms with E-state index in [1.54, 1.807) is 0 Å². The molecule has 2 heteroatoms. The van der Waals surface area contributed by atoms with Gasteiger partial charge < -0.3 is 4.48 Å². The number of nitrogens with zero attached hydrogens (tertiary/aromatic N) is 1. The van der Waals surface area contributed by atoms with Crippen LogP contribution in [0, 0.1) is 0 Å². The second-order valence-electron chi connectivity index (χ2n) is 11.4. The largest absolute Gasteiger partial charge is 0.316 e. The van der Waals surface area contributed by atoms with Gasteiger partial charge in [-0.2, -0.15) is 0 Å². The quantitative estimate of drug-likeness (QED) is 0.0962. The molecule has 2 aromatic rings. The zero-order valence-corrected chi connectivity index (χ0v) is 23.7. The van der Waals surface area contributed by atoms with Gasteiger partial charge in [0.05, 0.1) is 14.1 Å². The maximum atomic E-state index is 13.5. The van der Waals surface area contributed by atoms with E-state index in [9.17, 15) is 4.79 Å². The predicted octanol–water partition coefficient (Wildman–Crippen LogP) is 9.78. The molecule has 0 bridgehead atoms. The van der Waals surface area contributed by atoms with Crippen LogP contribution in [0.4, 0.5) is 0 Å². The van der Waals surface area contributed by atoms with Crippen LogP contribution in [-0.4, -0.2) is 30.4 Å². The van der Waals surface area contributed by atoms with Crippen LogP contribution in [0.1, 0.15) is 126 Å². The number of likely N-dealkylation sites (N-methyl/N-ethyl adjacent to an activating group) is 1. The van der Waals surface area contributed by atoms with Gasteiger partial charge in [-0.05, 0) is 6.42 Å². The minimum absolute atomic E-state index is 0.00502. The van der Waals surface area contributed by atoms with Gasteiger partial charge in [0.1, 0.15) is 6.54 Å². The Morgan fingerprint density at radius 1 is 0.611 bits per heavy atom. The van der Waals surface area contributed by atoms with Crippen LogP contribution in [0.25, 0.3) is 0 Å². The predicted molar refractivity (Wildman–Crippen MR) is 156 cm³/mol. The lowest BCUT2D eigenvalue weighted by molar-refractivity contribution is -0.918. The molecule has 0 radical (unpaired) electrons. The summed E-state index contributed by atoms with van der Waals surface area (Å²) in [4.78, 5) is 13.5. The molecule has 0 aromatic heterocycles. The van der Waals surface area contributed by atoms with E-state index in [-0.39, 0.29) is 6.04 Å². The van der Waals surface area contributed by atoms with E-state index in [1.807, 2.05) is 30.3 Å². The first-order valence-corrected chi connectivity index (χ1v) is 15.0. The van der Waals surface area contributed by atoms with Crippen molar-refractivity contribution in [2.45, 2.75) is 122 Å². The Bertz CT molecular complexity index is 798. The van der Waals surface area contributed by atoms with E-state index < -0.39 is 0 Å². The number of quaternary nitrogens is 1. The van der Waals surface area contributed by atoms with Crippen molar-refractivity contribution in [1.29, 1.82) is 0 Å². The number of Topliss-reactive ketones (excluding diaryl/α,β-unsaturated/α-hetero) is 1. The van der Waals surface area contributed by atoms with Gasteiger partial charge in [-0.25, -0.2) is 0 Å². The Morgan fingerprint density at radius 2 is 1.03 bits per heavy atom. The number of ketones is 1. The molecule has 0 N–H and O–H groups in total. The molecule has 0 aliphatic rings. The molecule has 0 aliphatic carbocycles. The number of benzene rings is 2. The third-order valence-corrected chi connectivity index (χ3v) is 7.72. The topological polar surface area (TPSA) is 17.1 Å². The van der Waals surface area contributed by atoms with E-state index in [1.165, 1.54) is 95.5 Å². The summed E-state index contributed by atoms with van der Waals surface area (Å²) in [5.74, 6) is 0.293. The lowest BCUT2D eigenvalue weighted by atomic mass is 9.95. The van der Waals surface area contributed by atoms with Crippen molar-refractivity contribution < 1.29 is 9.28 Å². The van der Waals surface area contributed by atoms with Crippen LogP contribution in [0.3, 0.4) is 0 Å². The van der Waals surface area contributed by atoms with Crippen molar-refractivity contribution in [3.63, 3.8) is 0 Å². The molecule has 1 unspecified atom stereocenters. The number of carbonyl (C=O) groups is 1. The van der Waals surface area contributed by atoms with Crippen LogP contribution >= 0.6 is 0 Å². The van der Waals surface area contributed by atoms with Crippen LogP contribution in [0.2, 0.25) is 0 Å². The zero-order valence-electron chi connectivity index (χ0n) is 23.7. The van der Waals surface area contributed by atoms with Gasteiger partial charge in [-0.15, -0.1) is 0 Å². The molecule has 2 aromatic carbocycles. The second kappa shape index (κ2) is 18.3. The molecule has 1 atom stereocenters. The molecule has 0 fully saturated rings. The van der Waals surface area contributed by atoms with Crippen LogP contribution < -0.4 is 0 Å². The fourth-order valence-corrected chi connectivity index (χ4v) is 5.47. The first-order valence-electron chi connectivity index (χ1n) is 15.0. The number of hydrogen-bond acceptors (Lipinski definition) is 1. The van der Waals surface area contributed by atoms with E-state index in [2.05, 4.69) is 51.4 Å². The Morgan fingerprint density at radius 3 is 1.50 bits per heavy atom. The van der Waals surface area contributed by atoms with E-state index in [4.69, 9.17) is 0 Å². The zero-order chi connectivity index (χ0) is 25.9. The average molecular weight is 493 g/mol. The highest BCUT2D eigenvalue weighted by Crippen LogP contribution is 2.23. The summed E-state index contributed by atoms with van der Waals surface area (Å²) in [6.07, 6.45) is 21.5. The van der Waals surface area contributed by atoms with Gasteiger partial charge in [0, 0.05) is 17.5 Å². The standard InChI is InChI=1S/C34H54NO/c1-4-5-6-7-8-9-10-11-12-13-14-15-16-17-24-29-33(34(36)32-27-22-19-23-28-32)35(2,3)30-31-25-20-18-21-26-31/h18-23,25-28,33H,4-17,24,29-30H2,1-3H3/q+1. The fraction of sp³-hybridized carbons (Fsp3) is 0.618. The minimum Gasteiger partial charge on any atom is -0.316 e. The number of unbranched alkanes of at least 4 members (excludes halogenated alkanes) is 14. The first-order chi connectivity index (χ1) is 17.5. The van der Waals surface area contributed by atoms with Crippen molar-refractivity contribution in [2.75, 3.05) is 14.1 Å². The lowest BCUT2D eigenvalue weighted by Crippen LogP contribution is -2.52. The van der Waals surface area contributed by atoms with Crippen molar-refractivity contribution >= 4 is 5.78 Å². The third kappa shape index (κ3) is 12.3. The summed E-state index contributed by atoms with van der Waals surface area (Å²) in [6.45, 7) is 3.17. The highest BCUT2D eigenvalue weighted by Gasteiger charge is 2.35. The van der Waals surface area contributed by atoms with Gasteiger partial charge in [-0.1, -0.05) is 157 Å². The SMILES string of the molecule is CCCCCCCCCCCCCCCCCC(C(=O)c1ccccc1)[N+](C)(C)Cc1ccccc1. The highest BCUT2D eigenvalue weighted by molar-refractivity contribution is 5.99. The normalized spacial score (nSPS) is 12.5. The maximum Gasteiger partial charge on any atom is 0.219 e. The maximum absolute atomic E-state index is 13.5. The molecular weight excluding hydrogens is 438 g/mol. The molecule has 200 valence electrons. The molecule has 0 heterocycles. The Hall–Kier alpha value is -1.93. The molecule has 0 aliphatic heterocycles. The summed E-state index contributed by atoms with van der Waals surface area (Å²) in [5, 5.41) is 0. The third-order valence-electron chi connectivity index (χ3n) is 7.72. The first kappa shape index (κ1) is 30.3. The summed E-state index contributed by atoms with van der Waals surface area (Å²) in [6, 6.07) is 20.5. The number of carbonyl (C=O) groups excluding carboxylic acids is 1. The molecule has 0 saturated heterocycles. The Labute approximate surface area is 223 Å². The van der Waals surface area contributed by atoms with Crippen LogP contribution in [-0.2, 0) is 6.54 Å². The summed E-state index contributed by atoms with van der Waals surface area (Å²) >= 11 is 0. The monoisotopic (exact) mass is 492 g/mol. The molecule has 0 amide bonds. The van der Waals surface area contributed by atoms with Gasteiger partial charge in [0.15, 0.2) is 6.04 Å². The van der Waals surface area contributed by atoms with E-state index in [0.717, 1.165) is 24.9 Å². The highest BCUT2D eigenvalue weighted by atomic mass is 16.1. The second-order valence-corrected chi connectivity index (χ2v) is 11.4. The molecule has 36 heavy (non-hydrogen) atoms. The van der Waals surface area contributed by atoms with Gasteiger partial charge in [0.2, 0.25) is 5.78 Å². The minimum atomic E-state index is -0.00502. The van der Waals surface area contributed by atoms with E-state index in [0.29, 0.717) is 10.3 Å². The van der Waals surface area contributed by atoms with Crippen molar-refractivity contribution in [2.24, 2.45) is 0 Å². The summed E-state index contributed by atoms with van der Waals surface area (Å²) in [7, 11) is 4.45. The molecule has 0 saturated carbocycles. The fourth-order valence-electron chi connectivity index (χ4n) is 5.47. The van der Waals surface area contributed by atoms with Crippen molar-refractivity contribution in [3.8, 4) is 0 Å². The molecule has 2 nitrogen and oxygen atoms in total. The van der Waals surface area contributed by atoms with Crippen molar-refractivity contribution in [3.05, 3.63) is 71.8 Å². The van der Waals surface area contributed by atoms with Crippen LogP contribution in [0.5, 0.6) is 0 Å². The lowest BCUT2D eigenvalue weighted by Gasteiger charge is -2.37. The summed E-state index contributed by atoms with van der Waals surface area (Å²) in [5.41, 5.74) is 2.15. The van der Waals surface area contributed by atoms with Crippen LogP contribution in [0.15, 0.2) is 60.7 Å². The van der Waals surface area contributed by atoms with Gasteiger partial charge >= 0.3 is 0 Å². The molecular formula is C34H54NO+. The van der Waals surface area contributed by atoms with E-state index >= 15 is 0 Å². The molecule has 0 spiro atoms. The Balaban J connectivity index is 1.68. The average Bonchev–Trinajstić information content (AvgIpc) is 2.89. The molecule has 2 rings (SSSR count). The summed E-state index contributed by atoms with van der Waals surface area (Å²) < 4.78 is 0.705.